The second-order valence-electron chi connectivity index (χ2n) is 9.94. The third kappa shape index (κ3) is 5.16. The molecule has 0 aliphatic carbocycles. The van der Waals surface area contributed by atoms with Gasteiger partial charge in [0.15, 0.2) is 15.7 Å². The molecular weight excluding hydrogens is 509 g/mol. The van der Waals surface area contributed by atoms with E-state index in [9.17, 15) is 19.1 Å². The number of rotatable bonds is 6. The van der Waals surface area contributed by atoms with E-state index < -0.39 is 17.5 Å². The van der Waals surface area contributed by atoms with Gasteiger partial charge >= 0.3 is 0 Å². The molecule has 1 fully saturated rings. The summed E-state index contributed by atoms with van der Waals surface area (Å²) in [4.78, 5) is 38.8. The number of ketones is 1. The number of phenols is 1. The van der Waals surface area contributed by atoms with Crippen molar-refractivity contribution in [2.24, 2.45) is 7.05 Å². The number of phenolic OH excluding ortho intramolecular Hbond substituents is 1. The number of nitrogens with one attached hydrogen (secondary N) is 1. The summed E-state index contributed by atoms with van der Waals surface area (Å²) in [5.41, 5.74) is 4.25. The Morgan fingerprint density at radius 2 is 1.57 bits per heavy atom. The van der Waals surface area contributed by atoms with Crippen molar-refractivity contribution in [2.45, 2.75) is 6.92 Å². The number of anilines is 3. The summed E-state index contributed by atoms with van der Waals surface area (Å²) in [6.07, 6.45) is 0. The third-order valence-corrected chi connectivity index (χ3v) is 7.29. The normalized spacial score (nSPS) is 13.4. The predicted molar refractivity (Wildman–Crippen MR) is 159 cm³/mol. The number of piperazine rings is 1. The summed E-state index contributed by atoms with van der Waals surface area (Å²) in [6.45, 7) is 4.25. The second kappa shape index (κ2) is 10.9. The van der Waals surface area contributed by atoms with Gasteiger partial charge in [-0.2, -0.15) is 0 Å². The van der Waals surface area contributed by atoms with Crippen molar-refractivity contribution < 1.29 is 19.1 Å². The zero-order chi connectivity index (χ0) is 28.6. The summed E-state index contributed by atoms with van der Waals surface area (Å²) in [7, 11) is 5.00. The molecular formula is C28H29B2FN6O3. The second-order valence-corrected chi connectivity index (χ2v) is 9.94. The standard InChI is InChI=1S/C28H29B2FN6O3/c1-16-14-19(17-6-4-3-5-7-17)23(35(16)2)24(39)27(40)32-18-8-9-20(21(38)15-18)36-10-12-37(13-11-36)28-33-25(29)22(31)26(30)34-28/h3-9,14-15,38H,10-13,29-30H2,1-2H3,(H,32,40). The summed E-state index contributed by atoms with van der Waals surface area (Å²) in [5.74, 6) is -1.36. The van der Waals surface area contributed by atoms with Gasteiger partial charge in [-0.3, -0.25) is 9.59 Å². The van der Waals surface area contributed by atoms with Crippen LogP contribution in [0.15, 0.2) is 54.6 Å². The van der Waals surface area contributed by atoms with Gasteiger partial charge in [0.25, 0.3) is 11.7 Å². The summed E-state index contributed by atoms with van der Waals surface area (Å²) in [5, 5.41) is 13.4. The lowest BCUT2D eigenvalue weighted by atomic mass is 9.96. The first kappa shape index (κ1) is 27.0. The number of carbonyl (C=O) groups is 2. The van der Waals surface area contributed by atoms with Crippen molar-refractivity contribution in [1.29, 1.82) is 0 Å². The lowest BCUT2D eigenvalue weighted by Gasteiger charge is -2.36. The number of hydrogen-bond donors (Lipinski definition) is 2. The molecule has 5 rings (SSSR count). The number of halogens is 1. The van der Waals surface area contributed by atoms with Gasteiger partial charge in [0.1, 0.15) is 17.3 Å². The van der Waals surface area contributed by atoms with Crippen LogP contribution < -0.4 is 26.3 Å². The van der Waals surface area contributed by atoms with Crippen LogP contribution in [0.4, 0.5) is 21.7 Å². The van der Waals surface area contributed by atoms with Crippen molar-refractivity contribution in [3.8, 4) is 16.9 Å². The van der Waals surface area contributed by atoms with Gasteiger partial charge < -0.3 is 24.8 Å². The van der Waals surface area contributed by atoms with E-state index in [2.05, 4.69) is 15.3 Å². The zero-order valence-electron chi connectivity index (χ0n) is 22.9. The largest absolute Gasteiger partial charge is 0.506 e. The topological polar surface area (TPSA) is 104 Å². The van der Waals surface area contributed by atoms with Crippen LogP contribution in [0.5, 0.6) is 5.75 Å². The summed E-state index contributed by atoms with van der Waals surface area (Å²) in [6, 6.07) is 16.2. The van der Waals surface area contributed by atoms with E-state index in [-0.39, 0.29) is 5.75 Å². The molecule has 2 aromatic heterocycles. The SMILES string of the molecule is Bc1nc(N2CCN(c3ccc(NC(=O)C(=O)c4c(-c5ccccc5)cc(C)n4C)cc3O)CC2)nc(B)c1F. The Bertz CT molecular complexity index is 1580. The molecule has 202 valence electrons. The number of hydrogen-bond acceptors (Lipinski definition) is 7. The predicted octanol–water partition coefficient (Wildman–Crippen LogP) is 0.300. The minimum atomic E-state index is -0.788. The van der Waals surface area contributed by atoms with Crippen LogP contribution in [0.25, 0.3) is 11.1 Å². The molecule has 1 saturated heterocycles. The molecule has 2 aromatic carbocycles. The number of aromatic nitrogens is 3. The highest BCUT2D eigenvalue weighted by Crippen LogP contribution is 2.32. The van der Waals surface area contributed by atoms with Gasteiger partial charge in [-0.1, -0.05) is 30.3 Å². The van der Waals surface area contributed by atoms with E-state index in [1.807, 2.05) is 53.1 Å². The highest BCUT2D eigenvalue weighted by molar-refractivity contribution is 6.47. The minimum Gasteiger partial charge on any atom is -0.506 e. The highest BCUT2D eigenvalue weighted by Gasteiger charge is 2.26. The third-order valence-electron chi connectivity index (χ3n) is 7.29. The Kier molecular flexibility index (Phi) is 7.34. The molecule has 12 heteroatoms. The van der Waals surface area contributed by atoms with Gasteiger partial charge in [-0.15, -0.1) is 0 Å². The highest BCUT2D eigenvalue weighted by atomic mass is 19.1. The number of benzene rings is 2. The fourth-order valence-corrected chi connectivity index (χ4v) is 4.98. The minimum absolute atomic E-state index is 0.0110. The average Bonchev–Trinajstić information content (AvgIpc) is 3.25. The van der Waals surface area contributed by atoms with Gasteiger partial charge in [0.05, 0.1) is 5.69 Å². The molecule has 40 heavy (non-hydrogen) atoms. The maximum absolute atomic E-state index is 13.9. The summed E-state index contributed by atoms with van der Waals surface area (Å²) >= 11 is 0. The number of carbonyl (C=O) groups excluding carboxylic acids is 2. The van der Waals surface area contributed by atoms with Crippen LogP contribution in [-0.4, -0.2) is 73.2 Å². The Morgan fingerprint density at radius 3 is 2.20 bits per heavy atom. The molecule has 0 spiro atoms. The van der Waals surface area contributed by atoms with Crippen molar-refractivity contribution in [2.75, 3.05) is 41.3 Å². The van der Waals surface area contributed by atoms with Crippen LogP contribution >= 0.6 is 0 Å². The number of nitrogens with zero attached hydrogens (tertiary/aromatic N) is 5. The molecule has 3 heterocycles. The average molecular weight is 538 g/mol. The van der Waals surface area contributed by atoms with Gasteiger partial charge in [0, 0.05) is 67.4 Å². The van der Waals surface area contributed by atoms with E-state index in [1.165, 1.54) is 6.07 Å². The first-order valence-corrected chi connectivity index (χ1v) is 13.0. The smallest absolute Gasteiger partial charge is 0.298 e. The first-order chi connectivity index (χ1) is 19.1. The lowest BCUT2D eigenvalue weighted by Crippen LogP contribution is -2.48. The number of Topliss-reactive ketones (excluding diaryl/α,β-unsaturated/α-hetero) is 1. The molecule has 9 nitrogen and oxygen atoms in total. The Balaban J connectivity index is 1.27. The van der Waals surface area contributed by atoms with Crippen molar-refractivity contribution in [3.05, 3.63) is 71.8 Å². The van der Waals surface area contributed by atoms with E-state index in [4.69, 9.17) is 0 Å². The molecule has 0 radical (unpaired) electrons. The Morgan fingerprint density at radius 1 is 0.950 bits per heavy atom. The van der Waals surface area contributed by atoms with Gasteiger partial charge in [0.2, 0.25) is 5.95 Å². The van der Waals surface area contributed by atoms with Crippen molar-refractivity contribution in [1.82, 2.24) is 14.5 Å². The maximum atomic E-state index is 13.9. The van der Waals surface area contributed by atoms with Gasteiger partial charge in [-0.05, 0) is 30.7 Å². The molecule has 1 aliphatic heterocycles. The van der Waals surface area contributed by atoms with Gasteiger partial charge in [-0.25, -0.2) is 14.4 Å². The Labute approximate surface area is 233 Å². The van der Waals surface area contributed by atoms with E-state index in [0.29, 0.717) is 65.9 Å². The monoisotopic (exact) mass is 538 g/mol. The number of aromatic hydroxyl groups is 1. The molecule has 2 N–H and O–H groups in total. The maximum Gasteiger partial charge on any atom is 0.298 e. The van der Waals surface area contributed by atoms with Crippen LogP contribution in [0.1, 0.15) is 16.2 Å². The van der Waals surface area contributed by atoms with E-state index in [0.717, 1.165) is 11.3 Å². The quantitative estimate of drug-likeness (QED) is 0.207. The fourth-order valence-electron chi connectivity index (χ4n) is 4.98. The first-order valence-electron chi connectivity index (χ1n) is 13.0. The van der Waals surface area contributed by atoms with Crippen LogP contribution in [-0.2, 0) is 11.8 Å². The molecule has 0 bridgehead atoms. The molecule has 1 aliphatic rings. The van der Waals surface area contributed by atoms with E-state index >= 15 is 0 Å². The number of amides is 1. The zero-order valence-corrected chi connectivity index (χ0v) is 22.9. The van der Waals surface area contributed by atoms with Crippen molar-refractivity contribution >= 4 is 55.9 Å². The van der Waals surface area contributed by atoms with E-state index in [1.54, 1.807) is 39.4 Å². The van der Waals surface area contributed by atoms with Crippen LogP contribution in [0.3, 0.4) is 0 Å². The fraction of sp³-hybridized carbons (Fsp3) is 0.214. The summed E-state index contributed by atoms with van der Waals surface area (Å²) < 4.78 is 15.6. The number of aryl methyl sites for hydroxylation is 1. The molecule has 0 saturated carbocycles. The lowest BCUT2D eigenvalue weighted by molar-refractivity contribution is -0.112. The molecule has 0 unspecified atom stereocenters. The molecule has 4 aromatic rings. The Hall–Kier alpha value is -4.60. The van der Waals surface area contributed by atoms with Crippen LogP contribution in [0.2, 0.25) is 0 Å². The van der Waals surface area contributed by atoms with Crippen molar-refractivity contribution in [3.63, 3.8) is 0 Å². The van der Waals surface area contributed by atoms with Crippen LogP contribution in [0, 0.1) is 12.7 Å². The molecule has 1 amide bonds. The molecule has 0 atom stereocenters.